The second-order valence-corrected chi connectivity index (χ2v) is 7.78. The summed E-state index contributed by atoms with van der Waals surface area (Å²) in [6.07, 6.45) is 1.86. The van der Waals surface area contributed by atoms with E-state index in [1.165, 1.54) is 4.90 Å². The molecular weight excluding hydrogens is 438 g/mol. The van der Waals surface area contributed by atoms with Gasteiger partial charge in [0.1, 0.15) is 11.5 Å². The summed E-state index contributed by atoms with van der Waals surface area (Å²) in [5.74, 6) is 1.04. The van der Waals surface area contributed by atoms with Crippen molar-refractivity contribution in [2.45, 2.75) is 12.0 Å². The maximum absolute atomic E-state index is 12.4. The van der Waals surface area contributed by atoms with Crippen molar-refractivity contribution in [1.82, 2.24) is 30.0 Å². The lowest BCUT2D eigenvalue weighted by molar-refractivity contribution is -0.144. The minimum absolute atomic E-state index is 0.100. The first-order chi connectivity index (χ1) is 16.5. The van der Waals surface area contributed by atoms with Gasteiger partial charge in [0.25, 0.3) is 5.91 Å². The Balaban J connectivity index is 1.40. The molecule has 0 bridgehead atoms. The first kappa shape index (κ1) is 21.5. The summed E-state index contributed by atoms with van der Waals surface area (Å²) in [5, 5.41) is 17.9. The van der Waals surface area contributed by atoms with Crippen molar-refractivity contribution in [2.75, 3.05) is 26.0 Å². The van der Waals surface area contributed by atoms with Gasteiger partial charge in [-0.25, -0.2) is 15.0 Å². The highest BCUT2D eigenvalue weighted by atomic mass is 16.5. The monoisotopic (exact) mass is 459 g/mol. The number of pyridine rings is 2. The highest BCUT2D eigenvalue weighted by Gasteiger charge is 2.48. The third kappa shape index (κ3) is 3.92. The van der Waals surface area contributed by atoms with Crippen LogP contribution in [-0.4, -0.2) is 61.7 Å². The molecule has 0 spiro atoms. The van der Waals surface area contributed by atoms with Gasteiger partial charge in [-0.05, 0) is 24.3 Å². The molecule has 172 valence electrons. The molecule has 0 radical (unpaired) electrons. The van der Waals surface area contributed by atoms with Crippen molar-refractivity contribution < 1.29 is 19.2 Å². The maximum Gasteiger partial charge on any atom is 0.262 e. The number of aliphatic hydroxyl groups is 1. The Bertz CT molecular complexity index is 1360. The minimum Gasteiger partial charge on any atom is -0.481 e. The zero-order chi connectivity index (χ0) is 23.7. The number of likely N-dealkylation sites (N-methyl/N-ethyl adjacent to an activating group) is 1. The van der Waals surface area contributed by atoms with Crippen molar-refractivity contribution in [3.05, 3.63) is 60.5 Å². The maximum atomic E-state index is 12.4. The SMILES string of the molecule is COc1cccc(Nc2nccc(-c3cccc(-c4cc([C@]5(O)CCN(C)C5=O)on4)n3)n2)n1. The van der Waals surface area contributed by atoms with Crippen LogP contribution < -0.4 is 10.1 Å². The molecule has 1 fully saturated rings. The van der Waals surface area contributed by atoms with E-state index in [0.29, 0.717) is 47.0 Å². The zero-order valence-electron chi connectivity index (χ0n) is 18.5. The summed E-state index contributed by atoms with van der Waals surface area (Å²) in [4.78, 5) is 31.5. The van der Waals surface area contributed by atoms with Crippen molar-refractivity contribution in [2.24, 2.45) is 0 Å². The molecule has 0 unspecified atom stereocenters. The molecule has 2 N–H and O–H groups in total. The second-order valence-electron chi connectivity index (χ2n) is 7.78. The topological polar surface area (TPSA) is 139 Å². The number of aromatic nitrogens is 5. The van der Waals surface area contributed by atoms with Crippen molar-refractivity contribution in [3.8, 4) is 28.7 Å². The molecule has 11 nitrogen and oxygen atoms in total. The normalized spacial score (nSPS) is 17.7. The third-order valence-corrected chi connectivity index (χ3v) is 5.53. The number of ether oxygens (including phenoxy) is 1. The highest BCUT2D eigenvalue weighted by Crippen LogP contribution is 2.34. The van der Waals surface area contributed by atoms with Gasteiger partial charge >= 0.3 is 0 Å². The van der Waals surface area contributed by atoms with E-state index in [0.717, 1.165) is 0 Å². The quantitative estimate of drug-likeness (QED) is 0.442. The van der Waals surface area contributed by atoms with Crippen LogP contribution in [0.15, 0.2) is 59.3 Å². The van der Waals surface area contributed by atoms with E-state index in [4.69, 9.17) is 9.26 Å². The van der Waals surface area contributed by atoms with Gasteiger partial charge in [-0.2, -0.15) is 4.98 Å². The van der Waals surface area contributed by atoms with Gasteiger partial charge in [-0.3, -0.25) is 4.79 Å². The van der Waals surface area contributed by atoms with E-state index >= 15 is 0 Å². The van der Waals surface area contributed by atoms with Gasteiger partial charge in [-0.15, -0.1) is 0 Å². The summed E-state index contributed by atoms with van der Waals surface area (Å²) in [7, 11) is 3.18. The smallest absolute Gasteiger partial charge is 0.262 e. The Hall–Kier alpha value is -4.38. The minimum atomic E-state index is -1.71. The van der Waals surface area contributed by atoms with E-state index in [2.05, 4.69) is 30.4 Å². The highest BCUT2D eigenvalue weighted by molar-refractivity contribution is 5.87. The average molecular weight is 459 g/mol. The van der Waals surface area contributed by atoms with Crippen molar-refractivity contribution >= 4 is 17.7 Å². The number of carbonyl (C=O) groups is 1. The fourth-order valence-electron chi connectivity index (χ4n) is 3.67. The van der Waals surface area contributed by atoms with Crippen LogP contribution in [0, 0.1) is 0 Å². The molecule has 1 aliphatic rings. The molecule has 5 heterocycles. The fourth-order valence-corrected chi connectivity index (χ4v) is 3.67. The number of carbonyl (C=O) groups excluding carboxylic acids is 1. The van der Waals surface area contributed by atoms with Gasteiger partial charge in [0.15, 0.2) is 5.76 Å². The number of nitrogens with zero attached hydrogens (tertiary/aromatic N) is 6. The van der Waals surface area contributed by atoms with Gasteiger partial charge in [0, 0.05) is 38.3 Å². The number of hydrogen-bond donors (Lipinski definition) is 2. The lowest BCUT2D eigenvalue weighted by atomic mass is 9.98. The molecule has 1 aliphatic heterocycles. The summed E-state index contributed by atoms with van der Waals surface area (Å²) >= 11 is 0. The van der Waals surface area contributed by atoms with Gasteiger partial charge in [0.2, 0.25) is 17.4 Å². The van der Waals surface area contributed by atoms with E-state index < -0.39 is 11.5 Å². The Morgan fingerprint density at radius 3 is 2.59 bits per heavy atom. The van der Waals surface area contributed by atoms with Crippen LogP contribution in [0.4, 0.5) is 11.8 Å². The van der Waals surface area contributed by atoms with Crippen LogP contribution in [-0.2, 0) is 10.4 Å². The molecule has 4 aromatic rings. The number of likely N-dealkylation sites (tertiary alicyclic amines) is 1. The van der Waals surface area contributed by atoms with Crippen LogP contribution in [0.1, 0.15) is 12.2 Å². The predicted molar refractivity (Wildman–Crippen MR) is 121 cm³/mol. The largest absolute Gasteiger partial charge is 0.481 e. The summed E-state index contributed by atoms with van der Waals surface area (Å²) in [6.45, 7) is 0.439. The van der Waals surface area contributed by atoms with Crippen LogP contribution in [0.25, 0.3) is 22.8 Å². The number of hydrogen-bond acceptors (Lipinski definition) is 10. The molecular formula is C23H21N7O4. The summed E-state index contributed by atoms with van der Waals surface area (Å²) in [5.41, 5.74) is 0.371. The third-order valence-electron chi connectivity index (χ3n) is 5.53. The van der Waals surface area contributed by atoms with Crippen LogP contribution >= 0.6 is 0 Å². The molecule has 1 saturated heterocycles. The first-order valence-corrected chi connectivity index (χ1v) is 10.5. The van der Waals surface area contributed by atoms with E-state index in [9.17, 15) is 9.90 Å². The van der Waals surface area contributed by atoms with Gasteiger partial charge < -0.3 is 24.6 Å². The number of nitrogens with one attached hydrogen (secondary N) is 1. The second kappa shape index (κ2) is 8.52. The molecule has 1 amide bonds. The van der Waals surface area contributed by atoms with Gasteiger partial charge in [-0.1, -0.05) is 17.3 Å². The molecule has 4 aromatic heterocycles. The standard InChI is InChI=1S/C23H21N7O4/c1-30-12-10-23(32,21(30)31)18-13-17(29-34-18)15-6-3-5-14(25-15)16-9-11-24-22(26-16)28-19-7-4-8-20(27-19)33-2/h3-9,11,13,32H,10,12H2,1-2H3,(H,24,26,27,28)/t23-/m1/s1. The van der Waals surface area contributed by atoms with Crippen molar-refractivity contribution in [3.63, 3.8) is 0 Å². The van der Waals surface area contributed by atoms with Crippen molar-refractivity contribution in [1.29, 1.82) is 0 Å². The van der Waals surface area contributed by atoms with E-state index in [-0.39, 0.29) is 12.2 Å². The lowest BCUT2D eigenvalue weighted by Gasteiger charge is -2.16. The fraction of sp³-hybridized carbons (Fsp3) is 0.217. The Kier molecular flexibility index (Phi) is 5.38. The lowest BCUT2D eigenvalue weighted by Crippen LogP contribution is -2.35. The van der Waals surface area contributed by atoms with E-state index in [1.807, 2.05) is 18.2 Å². The number of anilines is 2. The summed E-state index contributed by atoms with van der Waals surface area (Å²) < 4.78 is 10.5. The molecule has 0 aliphatic carbocycles. The number of rotatable bonds is 6. The molecule has 11 heteroatoms. The molecule has 1 atom stereocenters. The Morgan fingerprint density at radius 1 is 1.06 bits per heavy atom. The zero-order valence-corrected chi connectivity index (χ0v) is 18.5. The van der Waals surface area contributed by atoms with Crippen LogP contribution in [0.2, 0.25) is 0 Å². The molecule has 0 aromatic carbocycles. The average Bonchev–Trinajstić information content (AvgIpc) is 3.47. The summed E-state index contributed by atoms with van der Waals surface area (Å²) in [6, 6.07) is 14.0. The molecule has 0 saturated carbocycles. The Morgan fingerprint density at radius 2 is 1.82 bits per heavy atom. The number of methoxy groups -OCH3 is 1. The van der Waals surface area contributed by atoms with E-state index in [1.54, 1.807) is 50.7 Å². The van der Waals surface area contributed by atoms with Gasteiger partial charge in [0.05, 0.1) is 24.2 Å². The first-order valence-electron chi connectivity index (χ1n) is 10.5. The van der Waals surface area contributed by atoms with Crippen LogP contribution in [0.5, 0.6) is 5.88 Å². The Labute approximate surface area is 194 Å². The van der Waals surface area contributed by atoms with Crippen LogP contribution in [0.3, 0.4) is 0 Å². The molecule has 5 rings (SSSR count). The predicted octanol–water partition coefficient (Wildman–Crippen LogP) is 2.39. The number of amides is 1. The molecule has 34 heavy (non-hydrogen) atoms.